The fourth-order valence-electron chi connectivity index (χ4n) is 2.85. The fourth-order valence-corrected chi connectivity index (χ4v) is 2.85. The molecule has 1 N–H and O–H groups in total. The van der Waals surface area contributed by atoms with Crippen LogP contribution in [0.5, 0.6) is 11.5 Å². The first-order valence-electron chi connectivity index (χ1n) is 7.34. The Morgan fingerprint density at radius 1 is 1.00 bits per heavy atom. The molecule has 22 heavy (non-hydrogen) atoms. The second-order valence-corrected chi connectivity index (χ2v) is 5.42. The van der Waals surface area contributed by atoms with Gasteiger partial charge in [-0.2, -0.15) is 0 Å². The van der Waals surface area contributed by atoms with E-state index in [9.17, 15) is 9.90 Å². The molecule has 0 amide bonds. The molecule has 0 spiro atoms. The summed E-state index contributed by atoms with van der Waals surface area (Å²) in [5.74, 6) is -0.311. The van der Waals surface area contributed by atoms with E-state index in [-0.39, 0.29) is 5.92 Å². The summed E-state index contributed by atoms with van der Waals surface area (Å²) < 4.78 is 11.1. The van der Waals surface area contributed by atoms with Crippen molar-refractivity contribution in [2.24, 2.45) is 0 Å². The highest BCUT2D eigenvalue weighted by atomic mass is 16.6. The Kier molecular flexibility index (Phi) is 4.00. The van der Waals surface area contributed by atoms with Crippen molar-refractivity contribution >= 4 is 5.97 Å². The van der Waals surface area contributed by atoms with Crippen LogP contribution in [0.2, 0.25) is 0 Å². The van der Waals surface area contributed by atoms with Gasteiger partial charge in [0.05, 0.1) is 5.92 Å². The first kappa shape index (κ1) is 14.4. The third kappa shape index (κ3) is 2.77. The van der Waals surface area contributed by atoms with E-state index in [1.54, 1.807) is 12.1 Å². The van der Waals surface area contributed by atoms with E-state index in [0.29, 0.717) is 24.7 Å². The van der Waals surface area contributed by atoms with Gasteiger partial charge in [-0.3, -0.25) is 4.79 Å². The molecule has 1 aliphatic rings. The van der Waals surface area contributed by atoms with Crippen molar-refractivity contribution in [1.29, 1.82) is 0 Å². The van der Waals surface area contributed by atoms with Crippen molar-refractivity contribution in [2.45, 2.75) is 18.8 Å². The van der Waals surface area contributed by atoms with Crippen LogP contribution in [0.15, 0.2) is 48.5 Å². The van der Waals surface area contributed by atoms with Crippen LogP contribution in [0.1, 0.15) is 29.9 Å². The highest BCUT2D eigenvalue weighted by molar-refractivity contribution is 5.78. The predicted octanol–water partition coefficient (Wildman–Crippen LogP) is 3.43. The number of hydrogen-bond donors (Lipinski definition) is 1. The minimum Gasteiger partial charge on any atom is -0.486 e. The van der Waals surface area contributed by atoms with Crippen molar-refractivity contribution in [2.75, 3.05) is 13.2 Å². The van der Waals surface area contributed by atoms with E-state index in [1.165, 1.54) is 0 Å². The van der Waals surface area contributed by atoms with Crippen LogP contribution < -0.4 is 9.47 Å². The van der Waals surface area contributed by atoms with Gasteiger partial charge in [-0.25, -0.2) is 0 Å². The zero-order chi connectivity index (χ0) is 15.5. The van der Waals surface area contributed by atoms with Gasteiger partial charge >= 0.3 is 5.97 Å². The zero-order valence-corrected chi connectivity index (χ0v) is 12.4. The Morgan fingerprint density at radius 3 is 2.36 bits per heavy atom. The minimum atomic E-state index is -0.840. The van der Waals surface area contributed by atoms with Gasteiger partial charge in [-0.05, 0) is 29.2 Å². The monoisotopic (exact) mass is 298 g/mol. The molecule has 1 heterocycles. The van der Waals surface area contributed by atoms with E-state index in [4.69, 9.17) is 9.47 Å². The average Bonchev–Trinajstić information content (AvgIpc) is 2.55. The summed E-state index contributed by atoms with van der Waals surface area (Å²) >= 11 is 0. The van der Waals surface area contributed by atoms with Crippen LogP contribution in [0, 0.1) is 0 Å². The minimum absolute atomic E-state index is 0.138. The number of aliphatic carboxylic acids is 1. The molecule has 0 radical (unpaired) electrons. The Balaban J connectivity index is 1.96. The highest BCUT2D eigenvalue weighted by Gasteiger charge is 2.29. The van der Waals surface area contributed by atoms with Gasteiger partial charge in [0.25, 0.3) is 0 Å². The number of rotatable bonds is 4. The van der Waals surface area contributed by atoms with Crippen LogP contribution >= 0.6 is 0 Å². The number of benzene rings is 2. The number of carbonyl (C=O) groups is 1. The van der Waals surface area contributed by atoms with E-state index in [0.717, 1.165) is 11.1 Å². The predicted molar refractivity (Wildman–Crippen MR) is 82.7 cm³/mol. The molecule has 4 heteroatoms. The van der Waals surface area contributed by atoms with Crippen molar-refractivity contribution in [1.82, 2.24) is 0 Å². The largest absolute Gasteiger partial charge is 0.486 e. The molecule has 0 aromatic heterocycles. The van der Waals surface area contributed by atoms with E-state index in [1.807, 2.05) is 43.3 Å². The van der Waals surface area contributed by atoms with Crippen molar-refractivity contribution in [3.8, 4) is 11.5 Å². The third-order valence-electron chi connectivity index (χ3n) is 4.02. The maximum Gasteiger partial charge on any atom is 0.311 e. The Hall–Kier alpha value is -2.49. The average molecular weight is 298 g/mol. The number of carboxylic acids is 1. The molecule has 0 saturated heterocycles. The van der Waals surface area contributed by atoms with Crippen molar-refractivity contribution < 1.29 is 19.4 Å². The third-order valence-corrected chi connectivity index (χ3v) is 4.02. The summed E-state index contributed by atoms with van der Waals surface area (Å²) in [4.78, 5) is 11.8. The molecule has 2 aromatic carbocycles. The van der Waals surface area contributed by atoms with Crippen LogP contribution in [0.3, 0.4) is 0 Å². The molecule has 114 valence electrons. The SMILES string of the molecule is CC(c1ccccc1)C(C(=O)O)c1ccc2c(c1)OCCO2. The highest BCUT2D eigenvalue weighted by Crippen LogP contribution is 2.38. The molecule has 1 aliphatic heterocycles. The summed E-state index contributed by atoms with van der Waals surface area (Å²) in [6.07, 6.45) is 0. The van der Waals surface area contributed by atoms with E-state index >= 15 is 0 Å². The van der Waals surface area contributed by atoms with E-state index in [2.05, 4.69) is 0 Å². The van der Waals surface area contributed by atoms with Gasteiger partial charge in [0.15, 0.2) is 11.5 Å². The maximum absolute atomic E-state index is 11.8. The lowest BCUT2D eigenvalue weighted by atomic mass is 9.82. The summed E-state index contributed by atoms with van der Waals surface area (Å²) in [6.45, 7) is 2.95. The first-order chi connectivity index (χ1) is 10.7. The molecule has 3 rings (SSSR count). The van der Waals surface area contributed by atoms with Crippen molar-refractivity contribution in [3.05, 3.63) is 59.7 Å². The lowest BCUT2D eigenvalue weighted by molar-refractivity contribution is -0.139. The molecule has 2 aromatic rings. The second-order valence-electron chi connectivity index (χ2n) is 5.42. The second kappa shape index (κ2) is 6.10. The van der Waals surface area contributed by atoms with Crippen LogP contribution in [-0.4, -0.2) is 24.3 Å². The zero-order valence-electron chi connectivity index (χ0n) is 12.4. The summed E-state index contributed by atoms with van der Waals surface area (Å²) in [5.41, 5.74) is 1.73. The van der Waals surface area contributed by atoms with Gasteiger partial charge in [0, 0.05) is 0 Å². The molecule has 0 fully saturated rings. The Bertz CT molecular complexity index is 666. The lowest BCUT2D eigenvalue weighted by Crippen LogP contribution is -2.20. The quantitative estimate of drug-likeness (QED) is 0.939. The van der Waals surface area contributed by atoms with Gasteiger partial charge in [0.2, 0.25) is 0 Å². The summed E-state index contributed by atoms with van der Waals surface area (Å²) in [6, 6.07) is 15.1. The van der Waals surface area contributed by atoms with Gasteiger partial charge in [-0.1, -0.05) is 43.3 Å². The van der Waals surface area contributed by atoms with E-state index < -0.39 is 11.9 Å². The molecular formula is C18H18O4. The number of carboxylic acid groups (broad SMARTS) is 1. The van der Waals surface area contributed by atoms with Gasteiger partial charge in [-0.15, -0.1) is 0 Å². The topological polar surface area (TPSA) is 55.8 Å². The molecule has 2 atom stereocenters. The number of fused-ring (bicyclic) bond motifs is 1. The number of ether oxygens (including phenoxy) is 2. The number of hydrogen-bond acceptors (Lipinski definition) is 3. The van der Waals surface area contributed by atoms with Gasteiger partial charge < -0.3 is 14.6 Å². The summed E-state index contributed by atoms with van der Waals surface area (Å²) in [5, 5.41) is 9.69. The molecular weight excluding hydrogens is 280 g/mol. The molecule has 0 aliphatic carbocycles. The first-order valence-corrected chi connectivity index (χ1v) is 7.34. The maximum atomic E-state index is 11.8. The Morgan fingerprint density at radius 2 is 1.68 bits per heavy atom. The van der Waals surface area contributed by atoms with Crippen LogP contribution in [0.4, 0.5) is 0 Å². The van der Waals surface area contributed by atoms with Crippen LogP contribution in [0.25, 0.3) is 0 Å². The van der Waals surface area contributed by atoms with Crippen LogP contribution in [-0.2, 0) is 4.79 Å². The molecule has 0 saturated carbocycles. The summed E-state index contributed by atoms with van der Waals surface area (Å²) in [7, 11) is 0. The smallest absolute Gasteiger partial charge is 0.311 e. The standard InChI is InChI=1S/C18H18O4/c1-12(13-5-3-2-4-6-13)17(18(19)20)14-7-8-15-16(11-14)22-10-9-21-15/h2-8,11-12,17H,9-10H2,1H3,(H,19,20). The normalized spacial score (nSPS) is 15.9. The lowest BCUT2D eigenvalue weighted by Gasteiger charge is -2.24. The molecule has 4 nitrogen and oxygen atoms in total. The van der Waals surface area contributed by atoms with Gasteiger partial charge in [0.1, 0.15) is 13.2 Å². The molecule has 2 unspecified atom stereocenters. The fraction of sp³-hybridized carbons (Fsp3) is 0.278. The van der Waals surface area contributed by atoms with Crippen molar-refractivity contribution in [3.63, 3.8) is 0 Å². The molecule has 0 bridgehead atoms. The Labute approximate surface area is 129 Å².